The molecule has 0 aliphatic heterocycles. The van der Waals surface area contributed by atoms with Crippen molar-refractivity contribution in [2.24, 2.45) is 5.92 Å². The van der Waals surface area contributed by atoms with Crippen LogP contribution in [0.2, 0.25) is 0 Å². The molecule has 2 aromatic carbocycles. The zero-order valence-corrected chi connectivity index (χ0v) is 19.5. The molecule has 32 heavy (non-hydrogen) atoms. The van der Waals surface area contributed by atoms with Gasteiger partial charge in [-0.2, -0.15) is 0 Å². The molecule has 4 heteroatoms. The number of carbonyl (C=O) groups excluding carboxylic acids is 2. The largest absolute Gasteiger partial charge is 0.459 e. The predicted molar refractivity (Wildman–Crippen MR) is 127 cm³/mol. The molecule has 0 bridgehead atoms. The molecule has 2 aromatic rings. The molecule has 0 saturated heterocycles. The van der Waals surface area contributed by atoms with Crippen LogP contribution in [0.15, 0.2) is 48.5 Å². The lowest BCUT2D eigenvalue weighted by Gasteiger charge is -2.27. The molecule has 0 N–H and O–H groups in total. The van der Waals surface area contributed by atoms with Gasteiger partial charge in [0.15, 0.2) is 0 Å². The quantitative estimate of drug-likeness (QED) is 0.307. The van der Waals surface area contributed by atoms with Gasteiger partial charge in [-0.3, -0.25) is 4.79 Å². The van der Waals surface area contributed by atoms with Crippen molar-refractivity contribution in [2.45, 2.75) is 84.2 Å². The van der Waals surface area contributed by atoms with Gasteiger partial charge in [0.2, 0.25) is 0 Å². The molecule has 172 valence electrons. The van der Waals surface area contributed by atoms with E-state index < -0.39 is 0 Å². The Bertz CT molecular complexity index is 846. The zero-order chi connectivity index (χ0) is 22.8. The van der Waals surface area contributed by atoms with Gasteiger partial charge in [-0.15, -0.1) is 0 Å². The second kappa shape index (κ2) is 12.4. The van der Waals surface area contributed by atoms with Crippen LogP contribution in [0.5, 0.6) is 5.75 Å². The Kier molecular flexibility index (Phi) is 9.33. The lowest BCUT2D eigenvalue weighted by Crippen LogP contribution is -2.30. The molecule has 0 spiro atoms. The van der Waals surface area contributed by atoms with E-state index in [1.165, 1.54) is 17.5 Å². The first kappa shape index (κ1) is 24.0. The Morgan fingerprint density at radius 1 is 0.781 bits per heavy atom. The SMILES string of the molecule is CCCCc1ccc(OC(=O)C2CCC(OC(=O)c3ccc(CCCC)cc3)CC2)cc1. The molecule has 3 rings (SSSR count). The Balaban J connectivity index is 1.42. The van der Waals surface area contributed by atoms with Gasteiger partial charge in [0, 0.05) is 0 Å². The molecular formula is C28H36O4. The molecular weight excluding hydrogens is 400 g/mol. The van der Waals surface area contributed by atoms with E-state index in [-0.39, 0.29) is 24.0 Å². The minimum Gasteiger partial charge on any atom is -0.459 e. The number of unbranched alkanes of at least 4 members (excludes halogenated alkanes) is 2. The standard InChI is InChI=1S/C28H36O4/c1-3-5-7-21-9-13-23(14-10-21)27(29)32-26-19-15-24(16-20-26)28(30)31-25-17-11-22(12-18-25)8-6-4-2/h9-14,17-18,24,26H,3-8,15-16,19-20H2,1-2H3. The molecule has 0 radical (unpaired) electrons. The average Bonchev–Trinajstić information content (AvgIpc) is 2.83. The Morgan fingerprint density at radius 2 is 1.31 bits per heavy atom. The molecule has 0 heterocycles. The van der Waals surface area contributed by atoms with Crippen LogP contribution in [0.4, 0.5) is 0 Å². The summed E-state index contributed by atoms with van der Waals surface area (Å²) in [5, 5.41) is 0. The first-order valence-corrected chi connectivity index (χ1v) is 12.2. The average molecular weight is 437 g/mol. The van der Waals surface area contributed by atoms with Gasteiger partial charge in [-0.05, 0) is 86.8 Å². The van der Waals surface area contributed by atoms with Crippen molar-refractivity contribution in [2.75, 3.05) is 0 Å². The molecule has 1 aliphatic rings. The van der Waals surface area contributed by atoms with Crippen LogP contribution in [-0.2, 0) is 22.4 Å². The van der Waals surface area contributed by atoms with Crippen LogP contribution in [-0.4, -0.2) is 18.0 Å². The maximum absolute atomic E-state index is 12.6. The van der Waals surface area contributed by atoms with Gasteiger partial charge < -0.3 is 9.47 Å². The van der Waals surface area contributed by atoms with Gasteiger partial charge in [0.1, 0.15) is 11.9 Å². The highest BCUT2D eigenvalue weighted by molar-refractivity contribution is 5.89. The highest BCUT2D eigenvalue weighted by atomic mass is 16.5. The van der Waals surface area contributed by atoms with Crippen LogP contribution in [0, 0.1) is 5.92 Å². The number of rotatable bonds is 10. The summed E-state index contributed by atoms with van der Waals surface area (Å²) in [4.78, 5) is 25.0. The van der Waals surface area contributed by atoms with Crippen LogP contribution < -0.4 is 4.74 Å². The molecule has 4 nitrogen and oxygen atoms in total. The number of esters is 2. The van der Waals surface area contributed by atoms with Gasteiger partial charge in [0.25, 0.3) is 0 Å². The van der Waals surface area contributed by atoms with Crippen LogP contribution in [0.3, 0.4) is 0 Å². The fourth-order valence-electron chi connectivity index (χ4n) is 4.13. The third kappa shape index (κ3) is 7.22. The van der Waals surface area contributed by atoms with Gasteiger partial charge in [0.05, 0.1) is 11.5 Å². The predicted octanol–water partition coefficient (Wildman–Crippen LogP) is 6.69. The van der Waals surface area contributed by atoms with Crippen molar-refractivity contribution in [3.05, 3.63) is 65.2 Å². The summed E-state index contributed by atoms with van der Waals surface area (Å²) in [6.07, 6.45) is 9.34. The summed E-state index contributed by atoms with van der Waals surface area (Å²) in [6.45, 7) is 4.35. The number of benzene rings is 2. The van der Waals surface area contributed by atoms with Crippen LogP contribution in [0.1, 0.15) is 86.7 Å². The topological polar surface area (TPSA) is 52.6 Å². The second-order valence-electron chi connectivity index (χ2n) is 8.85. The minimum absolute atomic E-state index is 0.135. The lowest BCUT2D eigenvalue weighted by molar-refractivity contribution is -0.140. The second-order valence-corrected chi connectivity index (χ2v) is 8.85. The summed E-state index contributed by atoms with van der Waals surface area (Å²) in [6, 6.07) is 15.5. The molecule has 0 atom stereocenters. The smallest absolute Gasteiger partial charge is 0.338 e. The first-order chi connectivity index (χ1) is 15.6. The fraction of sp³-hybridized carbons (Fsp3) is 0.500. The van der Waals surface area contributed by atoms with Gasteiger partial charge >= 0.3 is 11.9 Å². The number of hydrogen-bond acceptors (Lipinski definition) is 4. The van der Waals surface area contributed by atoms with Crippen molar-refractivity contribution in [1.82, 2.24) is 0 Å². The van der Waals surface area contributed by atoms with Crippen molar-refractivity contribution in [1.29, 1.82) is 0 Å². The number of carbonyl (C=O) groups is 2. The molecule has 1 aliphatic carbocycles. The van der Waals surface area contributed by atoms with E-state index in [0.717, 1.165) is 32.1 Å². The molecule has 1 saturated carbocycles. The first-order valence-electron chi connectivity index (χ1n) is 12.2. The van der Waals surface area contributed by atoms with Crippen molar-refractivity contribution >= 4 is 11.9 Å². The third-order valence-corrected chi connectivity index (χ3v) is 6.25. The Hall–Kier alpha value is -2.62. The highest BCUT2D eigenvalue weighted by Gasteiger charge is 2.29. The Labute approximate surface area is 192 Å². The molecule has 0 amide bonds. The third-order valence-electron chi connectivity index (χ3n) is 6.25. The number of hydrogen-bond donors (Lipinski definition) is 0. The van der Waals surface area contributed by atoms with E-state index in [9.17, 15) is 9.59 Å². The van der Waals surface area contributed by atoms with E-state index >= 15 is 0 Å². The lowest BCUT2D eigenvalue weighted by atomic mass is 9.87. The molecule has 1 fully saturated rings. The van der Waals surface area contributed by atoms with Crippen LogP contribution >= 0.6 is 0 Å². The summed E-state index contributed by atoms with van der Waals surface area (Å²) >= 11 is 0. The Morgan fingerprint density at radius 3 is 1.84 bits per heavy atom. The van der Waals surface area contributed by atoms with Gasteiger partial charge in [-0.25, -0.2) is 4.79 Å². The van der Waals surface area contributed by atoms with E-state index in [0.29, 0.717) is 37.0 Å². The summed E-state index contributed by atoms with van der Waals surface area (Å²) in [7, 11) is 0. The van der Waals surface area contributed by atoms with E-state index in [2.05, 4.69) is 13.8 Å². The molecule has 0 aromatic heterocycles. The highest BCUT2D eigenvalue weighted by Crippen LogP contribution is 2.28. The summed E-state index contributed by atoms with van der Waals surface area (Å²) in [5.41, 5.74) is 3.11. The number of aryl methyl sites for hydroxylation is 2. The summed E-state index contributed by atoms with van der Waals surface area (Å²) < 4.78 is 11.3. The van der Waals surface area contributed by atoms with Crippen LogP contribution in [0.25, 0.3) is 0 Å². The zero-order valence-electron chi connectivity index (χ0n) is 19.5. The maximum Gasteiger partial charge on any atom is 0.338 e. The maximum atomic E-state index is 12.6. The minimum atomic E-state index is -0.277. The van der Waals surface area contributed by atoms with E-state index in [1.807, 2.05) is 48.5 Å². The number of ether oxygens (including phenoxy) is 2. The van der Waals surface area contributed by atoms with E-state index in [4.69, 9.17) is 9.47 Å². The van der Waals surface area contributed by atoms with Crippen molar-refractivity contribution in [3.8, 4) is 5.75 Å². The van der Waals surface area contributed by atoms with Crippen molar-refractivity contribution < 1.29 is 19.1 Å². The van der Waals surface area contributed by atoms with Gasteiger partial charge in [-0.1, -0.05) is 51.0 Å². The monoisotopic (exact) mass is 436 g/mol. The summed E-state index contributed by atoms with van der Waals surface area (Å²) in [5.74, 6) is 0.00809. The van der Waals surface area contributed by atoms with E-state index in [1.54, 1.807) is 0 Å². The van der Waals surface area contributed by atoms with Crippen molar-refractivity contribution in [3.63, 3.8) is 0 Å². The fourth-order valence-corrected chi connectivity index (χ4v) is 4.13. The normalized spacial score (nSPS) is 18.2. The molecule has 0 unspecified atom stereocenters.